The van der Waals surface area contributed by atoms with E-state index >= 15 is 0 Å². The van der Waals surface area contributed by atoms with Gasteiger partial charge in [-0.3, -0.25) is 4.98 Å². The molecule has 0 aliphatic heterocycles. The van der Waals surface area contributed by atoms with E-state index < -0.39 is 0 Å². The molecule has 3 heteroatoms. The number of hydrogen-bond acceptors (Lipinski definition) is 3. The Morgan fingerprint density at radius 1 is 1.64 bits per heavy atom. The van der Waals surface area contributed by atoms with Crippen molar-refractivity contribution in [1.29, 1.82) is 5.26 Å². The molecule has 0 saturated heterocycles. The van der Waals surface area contributed by atoms with E-state index in [-0.39, 0.29) is 6.04 Å². The standard InChI is InChI=1S/C8H9N3/c9-5-4-7(10)8-3-1-2-6-11-8/h1-3,6-7H,4,10H2/t7-/m0/s1. The van der Waals surface area contributed by atoms with Gasteiger partial charge in [0, 0.05) is 6.20 Å². The second kappa shape index (κ2) is 3.69. The third kappa shape index (κ3) is 2.03. The maximum atomic E-state index is 8.34. The van der Waals surface area contributed by atoms with Crippen molar-refractivity contribution in [3.05, 3.63) is 30.1 Å². The minimum Gasteiger partial charge on any atom is -0.322 e. The molecular formula is C8H9N3. The lowest BCUT2D eigenvalue weighted by Crippen LogP contribution is -2.10. The number of rotatable bonds is 2. The number of nitrogens with zero attached hydrogens (tertiary/aromatic N) is 2. The highest BCUT2D eigenvalue weighted by molar-refractivity contribution is 5.09. The Hall–Kier alpha value is -1.40. The third-order valence-corrected chi connectivity index (χ3v) is 1.38. The molecule has 11 heavy (non-hydrogen) atoms. The summed E-state index contributed by atoms with van der Waals surface area (Å²) in [5.74, 6) is 0. The van der Waals surface area contributed by atoms with Crippen LogP contribution in [0.5, 0.6) is 0 Å². The SMILES string of the molecule is N#CC[C@H](N)c1ccccn1. The van der Waals surface area contributed by atoms with Gasteiger partial charge in [0.2, 0.25) is 0 Å². The zero-order valence-electron chi connectivity index (χ0n) is 6.07. The predicted octanol–water partition coefficient (Wildman–Crippen LogP) is 0.995. The van der Waals surface area contributed by atoms with Crippen LogP contribution in [-0.2, 0) is 0 Å². The quantitative estimate of drug-likeness (QED) is 0.678. The van der Waals surface area contributed by atoms with Gasteiger partial charge in [0.1, 0.15) is 0 Å². The summed E-state index contributed by atoms with van der Waals surface area (Å²) in [5.41, 5.74) is 6.39. The molecule has 3 nitrogen and oxygen atoms in total. The Balaban J connectivity index is 2.70. The minimum atomic E-state index is -0.249. The fourth-order valence-corrected chi connectivity index (χ4v) is 0.798. The average molecular weight is 147 g/mol. The highest BCUT2D eigenvalue weighted by Gasteiger charge is 2.04. The van der Waals surface area contributed by atoms with Crippen LogP contribution in [0.1, 0.15) is 18.2 Å². The fourth-order valence-electron chi connectivity index (χ4n) is 0.798. The number of aromatic nitrogens is 1. The summed E-state index contributed by atoms with van der Waals surface area (Å²) in [5, 5.41) is 8.34. The summed E-state index contributed by atoms with van der Waals surface area (Å²) in [6, 6.07) is 7.26. The van der Waals surface area contributed by atoms with E-state index in [1.807, 2.05) is 24.3 Å². The molecule has 0 radical (unpaired) electrons. The van der Waals surface area contributed by atoms with Crippen LogP contribution in [0.3, 0.4) is 0 Å². The summed E-state index contributed by atoms with van der Waals surface area (Å²) in [4.78, 5) is 4.02. The van der Waals surface area contributed by atoms with Gasteiger partial charge in [0.05, 0.1) is 24.2 Å². The molecule has 0 unspecified atom stereocenters. The normalized spacial score (nSPS) is 12.0. The maximum Gasteiger partial charge on any atom is 0.0642 e. The van der Waals surface area contributed by atoms with Gasteiger partial charge in [0.25, 0.3) is 0 Å². The van der Waals surface area contributed by atoms with E-state index in [0.717, 1.165) is 5.69 Å². The zero-order valence-corrected chi connectivity index (χ0v) is 6.07. The Bertz CT molecular complexity index is 250. The molecule has 0 aliphatic rings. The summed E-state index contributed by atoms with van der Waals surface area (Å²) < 4.78 is 0. The van der Waals surface area contributed by atoms with Gasteiger partial charge < -0.3 is 5.73 Å². The molecule has 1 aromatic rings. The summed E-state index contributed by atoms with van der Waals surface area (Å²) >= 11 is 0. The molecule has 1 heterocycles. The van der Waals surface area contributed by atoms with Crippen LogP contribution in [0, 0.1) is 11.3 Å². The van der Waals surface area contributed by atoms with E-state index in [9.17, 15) is 0 Å². The first-order valence-electron chi connectivity index (χ1n) is 3.38. The Morgan fingerprint density at radius 2 is 2.45 bits per heavy atom. The van der Waals surface area contributed by atoms with Gasteiger partial charge >= 0.3 is 0 Å². The summed E-state index contributed by atoms with van der Waals surface area (Å²) in [7, 11) is 0. The molecule has 0 saturated carbocycles. The van der Waals surface area contributed by atoms with Crippen molar-refractivity contribution >= 4 is 0 Å². The van der Waals surface area contributed by atoms with Crippen molar-refractivity contribution < 1.29 is 0 Å². The molecule has 2 N–H and O–H groups in total. The Labute approximate surface area is 65.5 Å². The van der Waals surface area contributed by atoms with Crippen LogP contribution in [0.4, 0.5) is 0 Å². The number of nitrogens with two attached hydrogens (primary N) is 1. The Morgan fingerprint density at radius 3 is 3.00 bits per heavy atom. The molecule has 1 atom stereocenters. The lowest BCUT2D eigenvalue weighted by atomic mass is 10.1. The minimum absolute atomic E-state index is 0.249. The summed E-state index contributed by atoms with van der Waals surface area (Å²) in [6.07, 6.45) is 1.99. The van der Waals surface area contributed by atoms with E-state index in [0.29, 0.717) is 6.42 Å². The van der Waals surface area contributed by atoms with Crippen molar-refractivity contribution in [3.63, 3.8) is 0 Å². The lowest BCUT2D eigenvalue weighted by Gasteiger charge is -2.04. The highest BCUT2D eigenvalue weighted by atomic mass is 14.8. The molecule has 0 amide bonds. The number of hydrogen-bond donors (Lipinski definition) is 1. The third-order valence-electron chi connectivity index (χ3n) is 1.38. The molecular weight excluding hydrogens is 138 g/mol. The molecule has 0 aliphatic carbocycles. The fraction of sp³-hybridized carbons (Fsp3) is 0.250. The Kier molecular flexibility index (Phi) is 2.59. The average Bonchev–Trinajstić information content (AvgIpc) is 2.07. The first-order chi connectivity index (χ1) is 5.34. The molecule has 56 valence electrons. The molecule has 1 rings (SSSR count). The monoisotopic (exact) mass is 147 g/mol. The van der Waals surface area contributed by atoms with Crippen molar-refractivity contribution in [2.75, 3.05) is 0 Å². The van der Waals surface area contributed by atoms with Gasteiger partial charge in [-0.25, -0.2) is 0 Å². The largest absolute Gasteiger partial charge is 0.322 e. The molecule has 0 bridgehead atoms. The van der Waals surface area contributed by atoms with Gasteiger partial charge in [-0.2, -0.15) is 5.26 Å². The molecule has 0 fully saturated rings. The maximum absolute atomic E-state index is 8.34. The van der Waals surface area contributed by atoms with E-state index in [1.165, 1.54) is 0 Å². The van der Waals surface area contributed by atoms with Gasteiger partial charge in [-0.1, -0.05) is 6.07 Å². The van der Waals surface area contributed by atoms with Crippen LogP contribution in [0.25, 0.3) is 0 Å². The van der Waals surface area contributed by atoms with E-state index in [1.54, 1.807) is 6.20 Å². The highest BCUT2D eigenvalue weighted by Crippen LogP contribution is 2.08. The van der Waals surface area contributed by atoms with Crippen LogP contribution in [0.15, 0.2) is 24.4 Å². The van der Waals surface area contributed by atoms with Crippen molar-refractivity contribution in [3.8, 4) is 6.07 Å². The van der Waals surface area contributed by atoms with Crippen LogP contribution in [-0.4, -0.2) is 4.98 Å². The molecule has 1 aromatic heterocycles. The van der Waals surface area contributed by atoms with Crippen molar-refractivity contribution in [2.45, 2.75) is 12.5 Å². The van der Waals surface area contributed by atoms with Gasteiger partial charge in [-0.15, -0.1) is 0 Å². The topological polar surface area (TPSA) is 62.7 Å². The smallest absolute Gasteiger partial charge is 0.0642 e. The van der Waals surface area contributed by atoms with Crippen LogP contribution < -0.4 is 5.73 Å². The number of pyridine rings is 1. The predicted molar refractivity (Wildman–Crippen MR) is 41.4 cm³/mol. The van der Waals surface area contributed by atoms with Gasteiger partial charge in [0.15, 0.2) is 0 Å². The molecule has 0 spiro atoms. The van der Waals surface area contributed by atoms with Crippen molar-refractivity contribution in [1.82, 2.24) is 4.98 Å². The van der Waals surface area contributed by atoms with E-state index in [4.69, 9.17) is 11.0 Å². The van der Waals surface area contributed by atoms with E-state index in [2.05, 4.69) is 4.98 Å². The molecule has 0 aromatic carbocycles. The second-order valence-corrected chi connectivity index (χ2v) is 2.22. The van der Waals surface area contributed by atoms with Crippen LogP contribution in [0.2, 0.25) is 0 Å². The van der Waals surface area contributed by atoms with Crippen LogP contribution >= 0.6 is 0 Å². The lowest BCUT2D eigenvalue weighted by molar-refractivity contribution is 0.720. The van der Waals surface area contributed by atoms with Crippen molar-refractivity contribution in [2.24, 2.45) is 5.73 Å². The first-order valence-corrected chi connectivity index (χ1v) is 3.38. The first kappa shape index (κ1) is 7.70. The summed E-state index contributed by atoms with van der Waals surface area (Å²) in [6.45, 7) is 0. The zero-order chi connectivity index (χ0) is 8.10. The number of nitriles is 1. The van der Waals surface area contributed by atoms with Gasteiger partial charge in [-0.05, 0) is 12.1 Å². The second-order valence-electron chi connectivity index (χ2n) is 2.22.